The first-order chi connectivity index (χ1) is 6.99. The molecule has 1 aromatic carbocycles. The summed E-state index contributed by atoms with van der Waals surface area (Å²) in [6.45, 7) is 6.19. The zero-order chi connectivity index (χ0) is 11.6. The summed E-state index contributed by atoms with van der Waals surface area (Å²) in [5, 5.41) is 2.61. The highest BCUT2D eigenvalue weighted by molar-refractivity contribution is 5.92. The van der Waals surface area contributed by atoms with Crippen LogP contribution in [0.2, 0.25) is 0 Å². The molecule has 0 spiro atoms. The number of benzene rings is 1. The molecule has 1 rings (SSSR count). The van der Waals surface area contributed by atoms with E-state index >= 15 is 0 Å². The second-order valence-electron chi connectivity index (χ2n) is 3.77. The predicted molar refractivity (Wildman–Crippen MR) is 63.5 cm³/mol. The van der Waals surface area contributed by atoms with E-state index in [1.807, 2.05) is 19.1 Å². The van der Waals surface area contributed by atoms with Gasteiger partial charge in [-0.3, -0.25) is 4.90 Å². The van der Waals surface area contributed by atoms with E-state index in [0.717, 1.165) is 11.3 Å². The molecule has 0 atom stereocenters. The molecule has 3 nitrogen and oxygen atoms in total. The molecule has 0 aromatic heterocycles. The molecule has 1 aromatic rings. The minimum absolute atomic E-state index is 0.0960. The van der Waals surface area contributed by atoms with Gasteiger partial charge in [-0.05, 0) is 43.5 Å². The van der Waals surface area contributed by atoms with Crippen molar-refractivity contribution in [1.29, 1.82) is 0 Å². The van der Waals surface area contributed by atoms with E-state index in [0.29, 0.717) is 0 Å². The topological polar surface area (TPSA) is 32.3 Å². The number of nitrogens with one attached hydrogen (secondary N) is 1. The number of anilines is 1. The maximum absolute atomic E-state index is 11.5. The lowest BCUT2D eigenvalue weighted by atomic mass is 10.0. The average Bonchev–Trinajstić information content (AvgIpc) is 2.24. The van der Waals surface area contributed by atoms with Crippen LogP contribution in [0.15, 0.2) is 12.1 Å². The lowest BCUT2D eigenvalue weighted by Crippen LogP contribution is -2.35. The molecule has 1 N–H and O–H groups in total. The van der Waals surface area contributed by atoms with Crippen LogP contribution in [0.5, 0.6) is 0 Å². The highest BCUT2D eigenvalue weighted by Crippen LogP contribution is 2.24. The highest BCUT2D eigenvalue weighted by atomic mass is 16.2. The van der Waals surface area contributed by atoms with Gasteiger partial charge in [-0.25, -0.2) is 4.79 Å². The Hall–Kier alpha value is -1.51. The van der Waals surface area contributed by atoms with E-state index in [1.54, 1.807) is 19.0 Å². The first-order valence-electron chi connectivity index (χ1n) is 5.01. The Bertz CT molecular complexity index is 385. The summed E-state index contributed by atoms with van der Waals surface area (Å²) >= 11 is 0. The number of rotatable bonds is 1. The molecule has 0 saturated carbocycles. The summed E-state index contributed by atoms with van der Waals surface area (Å²) in [7, 11) is 3.41. The van der Waals surface area contributed by atoms with Gasteiger partial charge < -0.3 is 5.32 Å². The largest absolute Gasteiger partial charge is 0.341 e. The number of carbonyl (C=O) groups is 1. The molecular weight excluding hydrogens is 188 g/mol. The molecule has 0 unspecified atom stereocenters. The fraction of sp³-hybridized carbons (Fsp3) is 0.417. The van der Waals surface area contributed by atoms with Gasteiger partial charge in [0.1, 0.15) is 0 Å². The molecule has 3 heteroatoms. The van der Waals surface area contributed by atoms with Gasteiger partial charge in [0.15, 0.2) is 0 Å². The minimum Gasteiger partial charge on any atom is -0.341 e. The van der Waals surface area contributed by atoms with E-state index in [2.05, 4.69) is 19.2 Å². The van der Waals surface area contributed by atoms with Crippen molar-refractivity contribution in [1.82, 2.24) is 5.32 Å². The lowest BCUT2D eigenvalue weighted by molar-refractivity contribution is 0.249. The van der Waals surface area contributed by atoms with Gasteiger partial charge in [0.25, 0.3) is 0 Å². The van der Waals surface area contributed by atoms with Crippen LogP contribution in [0.25, 0.3) is 0 Å². The van der Waals surface area contributed by atoms with Crippen LogP contribution in [0.4, 0.5) is 10.5 Å². The van der Waals surface area contributed by atoms with Crippen LogP contribution >= 0.6 is 0 Å². The van der Waals surface area contributed by atoms with Crippen LogP contribution in [0.1, 0.15) is 16.7 Å². The van der Waals surface area contributed by atoms with Crippen molar-refractivity contribution < 1.29 is 4.79 Å². The van der Waals surface area contributed by atoms with Crippen molar-refractivity contribution in [2.75, 3.05) is 19.0 Å². The molecule has 0 fully saturated rings. The monoisotopic (exact) mass is 206 g/mol. The first-order valence-corrected chi connectivity index (χ1v) is 5.01. The Kier molecular flexibility index (Phi) is 3.35. The first kappa shape index (κ1) is 11.6. The van der Waals surface area contributed by atoms with Crippen molar-refractivity contribution in [2.45, 2.75) is 20.8 Å². The minimum atomic E-state index is -0.0960. The highest BCUT2D eigenvalue weighted by Gasteiger charge is 2.12. The maximum atomic E-state index is 11.5. The van der Waals surface area contributed by atoms with Crippen molar-refractivity contribution in [2.24, 2.45) is 0 Å². The summed E-state index contributed by atoms with van der Waals surface area (Å²) in [5.74, 6) is 0. The molecule has 15 heavy (non-hydrogen) atoms. The van der Waals surface area contributed by atoms with Gasteiger partial charge in [0, 0.05) is 19.8 Å². The number of amides is 2. The molecule has 0 radical (unpaired) electrons. The number of hydrogen-bond acceptors (Lipinski definition) is 1. The van der Waals surface area contributed by atoms with E-state index in [1.165, 1.54) is 11.1 Å². The Morgan fingerprint density at radius 2 is 1.80 bits per heavy atom. The molecule has 2 amide bonds. The van der Waals surface area contributed by atoms with Gasteiger partial charge in [-0.15, -0.1) is 0 Å². The molecule has 0 aliphatic rings. The third kappa shape index (κ3) is 2.12. The Balaban J connectivity index is 3.16. The summed E-state index contributed by atoms with van der Waals surface area (Å²) in [4.78, 5) is 13.1. The standard InChI is InChI=1S/C12H18N2O/c1-8-6-7-11(10(3)9(8)2)14(5)12(15)13-4/h6-7H,1-5H3,(H,13,15). The fourth-order valence-corrected chi connectivity index (χ4v) is 1.58. The lowest BCUT2D eigenvalue weighted by Gasteiger charge is -2.20. The van der Waals surface area contributed by atoms with Crippen molar-refractivity contribution >= 4 is 11.7 Å². The van der Waals surface area contributed by atoms with Crippen LogP contribution in [-0.2, 0) is 0 Å². The van der Waals surface area contributed by atoms with Gasteiger partial charge in [-0.1, -0.05) is 6.07 Å². The summed E-state index contributed by atoms with van der Waals surface area (Å²) in [6.07, 6.45) is 0. The smallest absolute Gasteiger partial charge is 0.321 e. The number of urea groups is 1. The third-order valence-corrected chi connectivity index (χ3v) is 2.91. The van der Waals surface area contributed by atoms with Crippen LogP contribution in [0.3, 0.4) is 0 Å². The average molecular weight is 206 g/mol. The zero-order valence-electron chi connectivity index (χ0n) is 10.0. The van der Waals surface area contributed by atoms with Crippen LogP contribution < -0.4 is 10.2 Å². The fourth-order valence-electron chi connectivity index (χ4n) is 1.58. The third-order valence-electron chi connectivity index (χ3n) is 2.91. The van der Waals surface area contributed by atoms with E-state index in [-0.39, 0.29) is 6.03 Å². The second kappa shape index (κ2) is 4.34. The second-order valence-corrected chi connectivity index (χ2v) is 3.77. The number of nitrogens with zero attached hydrogens (tertiary/aromatic N) is 1. The van der Waals surface area contributed by atoms with Gasteiger partial charge >= 0.3 is 6.03 Å². The molecule has 0 heterocycles. The SMILES string of the molecule is CNC(=O)N(C)c1ccc(C)c(C)c1C. The van der Waals surface area contributed by atoms with Crippen molar-refractivity contribution in [3.8, 4) is 0 Å². The van der Waals surface area contributed by atoms with Gasteiger partial charge in [0.05, 0.1) is 0 Å². The molecule has 0 bridgehead atoms. The summed E-state index contributed by atoms with van der Waals surface area (Å²) in [5.41, 5.74) is 4.60. The van der Waals surface area contributed by atoms with E-state index in [9.17, 15) is 4.79 Å². The van der Waals surface area contributed by atoms with E-state index in [4.69, 9.17) is 0 Å². The molecular formula is C12H18N2O. The number of carbonyl (C=O) groups excluding carboxylic acids is 1. The predicted octanol–water partition coefficient (Wildman–Crippen LogP) is 2.39. The Morgan fingerprint density at radius 3 is 2.33 bits per heavy atom. The summed E-state index contributed by atoms with van der Waals surface area (Å²) < 4.78 is 0. The van der Waals surface area contributed by atoms with Gasteiger partial charge in [0.2, 0.25) is 0 Å². The maximum Gasteiger partial charge on any atom is 0.321 e. The van der Waals surface area contributed by atoms with Crippen LogP contribution in [0, 0.1) is 20.8 Å². The normalized spacial score (nSPS) is 9.93. The molecule has 0 saturated heterocycles. The zero-order valence-corrected chi connectivity index (χ0v) is 10.0. The molecule has 0 aliphatic heterocycles. The number of hydrogen-bond donors (Lipinski definition) is 1. The Morgan fingerprint density at radius 1 is 1.20 bits per heavy atom. The Labute approximate surface area is 91.1 Å². The van der Waals surface area contributed by atoms with Crippen molar-refractivity contribution in [3.63, 3.8) is 0 Å². The van der Waals surface area contributed by atoms with E-state index < -0.39 is 0 Å². The number of aryl methyl sites for hydroxylation is 1. The quantitative estimate of drug-likeness (QED) is 0.751. The summed E-state index contributed by atoms with van der Waals surface area (Å²) in [6, 6.07) is 3.92. The molecule has 0 aliphatic carbocycles. The van der Waals surface area contributed by atoms with Crippen LogP contribution in [-0.4, -0.2) is 20.1 Å². The van der Waals surface area contributed by atoms with Crippen molar-refractivity contribution in [3.05, 3.63) is 28.8 Å². The van der Waals surface area contributed by atoms with Gasteiger partial charge in [-0.2, -0.15) is 0 Å². The molecule has 82 valence electrons.